The van der Waals surface area contributed by atoms with Crippen molar-refractivity contribution in [3.05, 3.63) is 45.8 Å². The molecule has 0 radical (unpaired) electrons. The number of primary amides is 1. The highest BCUT2D eigenvalue weighted by molar-refractivity contribution is 5.97. The summed E-state index contributed by atoms with van der Waals surface area (Å²) >= 11 is 0. The van der Waals surface area contributed by atoms with Gasteiger partial charge in [-0.3, -0.25) is 9.59 Å². The number of nitrogens with two attached hydrogens (primary N) is 1. The van der Waals surface area contributed by atoms with E-state index < -0.39 is 11.8 Å². The Labute approximate surface area is 79.0 Å². The van der Waals surface area contributed by atoms with E-state index in [1.54, 1.807) is 0 Å². The molecule has 0 aliphatic rings. The number of benzene rings is 1. The number of carbonyl (C=O) groups is 2. The molecule has 1 aromatic carbocycles. The predicted octanol–water partition coefficient (Wildman–Crippen LogP) is 1.24. The van der Waals surface area contributed by atoms with Crippen LogP contribution in [0.2, 0.25) is 0 Å². The molecule has 0 unspecified atom stereocenters. The maximum atomic E-state index is 11.0. The molecule has 0 aliphatic heterocycles. The van der Waals surface area contributed by atoms with Gasteiger partial charge in [-0.1, -0.05) is 12.1 Å². The second-order valence-electron chi connectivity index (χ2n) is 2.44. The van der Waals surface area contributed by atoms with Crippen molar-refractivity contribution in [3.63, 3.8) is 0 Å². The van der Waals surface area contributed by atoms with Crippen molar-refractivity contribution >= 4 is 11.8 Å². The third-order valence-corrected chi connectivity index (χ3v) is 1.55. The molecule has 0 aliphatic carbocycles. The number of rotatable bonds is 2. The van der Waals surface area contributed by atoms with E-state index in [0.29, 0.717) is 5.56 Å². The van der Waals surface area contributed by atoms with Crippen LogP contribution in [0.15, 0.2) is 29.4 Å². The highest BCUT2D eigenvalue weighted by Gasteiger charge is 2.04. The molecule has 0 aromatic heterocycles. The summed E-state index contributed by atoms with van der Waals surface area (Å²) in [4.78, 5) is 24.0. The second kappa shape index (κ2) is 4.06. The summed E-state index contributed by atoms with van der Waals surface area (Å²) in [5.74, 6) is -1.27. The van der Waals surface area contributed by atoms with E-state index in [1.165, 1.54) is 24.3 Å². The van der Waals surface area contributed by atoms with Crippen molar-refractivity contribution in [3.8, 4) is 0 Å². The van der Waals surface area contributed by atoms with E-state index in [2.05, 4.69) is 10.0 Å². The Hall–Kier alpha value is -2.33. The van der Waals surface area contributed by atoms with Crippen LogP contribution < -0.4 is 5.73 Å². The third-order valence-electron chi connectivity index (χ3n) is 1.55. The minimum atomic E-state index is -0.691. The van der Waals surface area contributed by atoms with Gasteiger partial charge in [-0.25, -0.2) is 0 Å². The first-order valence-corrected chi connectivity index (χ1v) is 3.64. The highest BCUT2D eigenvalue weighted by atomic mass is 16.2. The lowest BCUT2D eigenvalue weighted by Gasteiger charge is -1.96. The van der Waals surface area contributed by atoms with Gasteiger partial charge in [0.05, 0.1) is 0 Å². The minimum absolute atomic E-state index is 0.216. The quantitative estimate of drug-likeness (QED) is 0.430. The van der Waals surface area contributed by atoms with E-state index in [9.17, 15) is 9.59 Å². The zero-order valence-corrected chi connectivity index (χ0v) is 7.04. The first-order chi connectivity index (χ1) is 6.65. The van der Waals surface area contributed by atoms with Gasteiger partial charge in [-0.05, 0) is 22.8 Å². The minimum Gasteiger partial charge on any atom is -0.366 e. The number of hydrogen-bond donors (Lipinski definition) is 1. The molecule has 1 rings (SSSR count). The van der Waals surface area contributed by atoms with Crippen LogP contribution in [0.5, 0.6) is 0 Å². The summed E-state index contributed by atoms with van der Waals surface area (Å²) in [7, 11) is 0. The van der Waals surface area contributed by atoms with Crippen molar-refractivity contribution in [1.82, 2.24) is 0 Å². The van der Waals surface area contributed by atoms with Crippen molar-refractivity contribution in [2.75, 3.05) is 0 Å². The number of azide groups is 1. The van der Waals surface area contributed by atoms with Crippen molar-refractivity contribution in [2.24, 2.45) is 10.8 Å². The normalized spacial score (nSPS) is 8.86. The molecule has 0 bridgehead atoms. The van der Waals surface area contributed by atoms with Crippen molar-refractivity contribution in [2.45, 2.75) is 0 Å². The maximum Gasteiger partial charge on any atom is 0.249 e. The SMILES string of the molecule is [N-]=[N+]=NC(=O)c1ccc(C(N)=O)cc1. The van der Waals surface area contributed by atoms with Gasteiger partial charge in [0.25, 0.3) is 0 Å². The van der Waals surface area contributed by atoms with E-state index in [0.717, 1.165) is 0 Å². The molecular weight excluding hydrogens is 184 g/mol. The Balaban J connectivity index is 2.99. The van der Waals surface area contributed by atoms with Gasteiger partial charge in [-0.15, -0.1) is 0 Å². The van der Waals surface area contributed by atoms with E-state index >= 15 is 0 Å². The molecule has 0 saturated heterocycles. The first-order valence-electron chi connectivity index (χ1n) is 3.64. The Kier molecular flexibility index (Phi) is 2.83. The molecule has 0 spiro atoms. The number of nitrogens with zero attached hydrogens (tertiary/aromatic N) is 3. The molecule has 0 atom stereocenters. The van der Waals surface area contributed by atoms with Crippen LogP contribution >= 0.6 is 0 Å². The topological polar surface area (TPSA) is 109 Å². The summed E-state index contributed by atoms with van der Waals surface area (Å²) in [6.07, 6.45) is 0. The molecule has 0 fully saturated rings. The Bertz CT molecular complexity index is 417. The number of carbonyl (C=O) groups excluding carboxylic acids is 2. The largest absolute Gasteiger partial charge is 0.366 e. The molecule has 6 heteroatoms. The monoisotopic (exact) mass is 190 g/mol. The first kappa shape index (κ1) is 9.76. The van der Waals surface area contributed by atoms with Crippen LogP contribution in [0.1, 0.15) is 20.7 Å². The van der Waals surface area contributed by atoms with Gasteiger partial charge in [0.2, 0.25) is 11.8 Å². The molecular formula is C8H6N4O2. The highest BCUT2D eigenvalue weighted by Crippen LogP contribution is 2.05. The van der Waals surface area contributed by atoms with Crippen LogP contribution in [0.4, 0.5) is 0 Å². The number of hydrogen-bond acceptors (Lipinski definition) is 2. The summed E-state index contributed by atoms with van der Waals surface area (Å²) in [5.41, 5.74) is 13.5. The zero-order valence-electron chi connectivity index (χ0n) is 7.04. The molecule has 0 saturated carbocycles. The van der Waals surface area contributed by atoms with Gasteiger partial charge in [-0.2, -0.15) is 0 Å². The van der Waals surface area contributed by atoms with E-state index in [-0.39, 0.29) is 5.56 Å². The molecule has 2 amide bonds. The fourth-order valence-electron chi connectivity index (χ4n) is 0.875. The van der Waals surface area contributed by atoms with Gasteiger partial charge >= 0.3 is 0 Å². The molecule has 2 N–H and O–H groups in total. The van der Waals surface area contributed by atoms with E-state index in [1.807, 2.05) is 0 Å². The van der Waals surface area contributed by atoms with Crippen LogP contribution in [0.3, 0.4) is 0 Å². The van der Waals surface area contributed by atoms with Gasteiger partial charge in [0.15, 0.2) is 0 Å². The summed E-state index contributed by atoms with van der Waals surface area (Å²) in [6, 6.07) is 5.53. The summed E-state index contributed by atoms with van der Waals surface area (Å²) < 4.78 is 0. The molecule has 1 aromatic rings. The van der Waals surface area contributed by atoms with Crippen LogP contribution in [0.25, 0.3) is 10.4 Å². The fraction of sp³-hybridized carbons (Fsp3) is 0. The smallest absolute Gasteiger partial charge is 0.249 e. The average molecular weight is 190 g/mol. The van der Waals surface area contributed by atoms with Crippen LogP contribution in [0, 0.1) is 0 Å². The number of amides is 2. The molecule has 0 heterocycles. The zero-order chi connectivity index (χ0) is 10.6. The standard InChI is InChI=1S/C8H6N4O2/c9-7(13)5-1-3-6(4-2-5)8(14)11-12-10/h1-4H,(H2,9,13). The lowest BCUT2D eigenvalue weighted by molar-refractivity contribution is 0.0988. The second-order valence-corrected chi connectivity index (χ2v) is 2.44. The average Bonchev–Trinajstić information content (AvgIpc) is 2.18. The maximum absolute atomic E-state index is 11.0. The molecule has 14 heavy (non-hydrogen) atoms. The third kappa shape index (κ3) is 2.09. The van der Waals surface area contributed by atoms with Crippen molar-refractivity contribution < 1.29 is 9.59 Å². The Morgan fingerprint density at radius 2 is 1.71 bits per heavy atom. The summed E-state index contributed by atoms with van der Waals surface area (Å²) in [6.45, 7) is 0. The molecule has 6 nitrogen and oxygen atoms in total. The lowest BCUT2D eigenvalue weighted by atomic mass is 10.1. The molecule has 70 valence electrons. The van der Waals surface area contributed by atoms with Crippen molar-refractivity contribution in [1.29, 1.82) is 0 Å². The predicted molar refractivity (Wildman–Crippen MR) is 48.4 cm³/mol. The summed E-state index contributed by atoms with van der Waals surface area (Å²) in [5, 5.41) is 2.89. The fourth-order valence-corrected chi connectivity index (χ4v) is 0.875. The Morgan fingerprint density at radius 1 is 1.21 bits per heavy atom. The van der Waals surface area contributed by atoms with Gasteiger partial charge in [0.1, 0.15) is 0 Å². The van der Waals surface area contributed by atoms with Crippen LogP contribution in [-0.4, -0.2) is 11.8 Å². The van der Waals surface area contributed by atoms with Gasteiger partial charge in [0, 0.05) is 16.0 Å². The lowest BCUT2D eigenvalue weighted by Crippen LogP contribution is -2.10. The Morgan fingerprint density at radius 3 is 2.14 bits per heavy atom. The van der Waals surface area contributed by atoms with Gasteiger partial charge < -0.3 is 5.73 Å². The van der Waals surface area contributed by atoms with Crippen LogP contribution in [-0.2, 0) is 0 Å². The van der Waals surface area contributed by atoms with E-state index in [4.69, 9.17) is 11.3 Å².